The van der Waals surface area contributed by atoms with Crippen molar-refractivity contribution < 1.29 is 22.7 Å². The predicted octanol–water partition coefficient (Wildman–Crippen LogP) is 6.23. The quantitative estimate of drug-likeness (QED) is 0.212. The van der Waals surface area contributed by atoms with Crippen LogP contribution in [0.25, 0.3) is 0 Å². The van der Waals surface area contributed by atoms with Gasteiger partial charge in [-0.3, -0.25) is 13.9 Å². The molecule has 0 aromatic heterocycles. The lowest BCUT2D eigenvalue weighted by molar-refractivity contribution is -0.140. The molecule has 0 aliphatic carbocycles. The van der Waals surface area contributed by atoms with Gasteiger partial charge in [0.25, 0.3) is 10.0 Å². The molecule has 0 fully saturated rings. The van der Waals surface area contributed by atoms with Gasteiger partial charge in [-0.05, 0) is 67.8 Å². The molecule has 0 heterocycles. The molecule has 1 atom stereocenters. The van der Waals surface area contributed by atoms with Crippen LogP contribution in [0.3, 0.4) is 0 Å². The van der Waals surface area contributed by atoms with Gasteiger partial charge in [-0.25, -0.2) is 8.42 Å². The van der Waals surface area contributed by atoms with Gasteiger partial charge in [0.1, 0.15) is 18.3 Å². The van der Waals surface area contributed by atoms with Gasteiger partial charge >= 0.3 is 0 Å². The van der Waals surface area contributed by atoms with Gasteiger partial charge in [-0.1, -0.05) is 73.3 Å². The Kier molecular flexibility index (Phi) is 12.1. The standard InChI is InChI=1S/C31H37Cl2N3O5S/c1-5-7-18-34-31(38)27(6-2)35(20-23-10-12-24(32)13-11-23)30(37)21-36(28-19-25(33)14-17-29(28)41-4)42(39,40)26-15-8-22(3)9-16-26/h8-17,19,27H,5-7,18,20-21H2,1-4H3,(H,34,38)/t27-/m1/s1. The lowest BCUT2D eigenvalue weighted by Gasteiger charge is -2.33. The van der Waals surface area contributed by atoms with E-state index in [4.69, 9.17) is 27.9 Å². The molecule has 1 N–H and O–H groups in total. The van der Waals surface area contributed by atoms with Crippen molar-refractivity contribution in [2.24, 2.45) is 0 Å². The minimum atomic E-state index is -4.27. The molecule has 0 unspecified atom stereocenters. The van der Waals surface area contributed by atoms with Crippen LogP contribution in [0.15, 0.2) is 71.6 Å². The summed E-state index contributed by atoms with van der Waals surface area (Å²) in [5.41, 5.74) is 1.72. The van der Waals surface area contributed by atoms with Crippen molar-refractivity contribution in [3.05, 3.63) is 87.9 Å². The number of nitrogens with zero attached hydrogens (tertiary/aromatic N) is 2. The number of anilines is 1. The highest BCUT2D eigenvalue weighted by atomic mass is 35.5. The van der Waals surface area contributed by atoms with E-state index in [0.29, 0.717) is 18.0 Å². The van der Waals surface area contributed by atoms with Crippen molar-refractivity contribution in [3.63, 3.8) is 0 Å². The van der Waals surface area contributed by atoms with Crippen molar-refractivity contribution in [1.82, 2.24) is 10.2 Å². The summed E-state index contributed by atoms with van der Waals surface area (Å²) < 4.78 is 34.6. The van der Waals surface area contributed by atoms with Crippen LogP contribution in [0.1, 0.15) is 44.2 Å². The number of unbranched alkanes of at least 4 members (excludes halogenated alkanes) is 1. The van der Waals surface area contributed by atoms with E-state index in [9.17, 15) is 18.0 Å². The molecule has 42 heavy (non-hydrogen) atoms. The number of amides is 2. The van der Waals surface area contributed by atoms with Gasteiger partial charge in [0.2, 0.25) is 11.8 Å². The van der Waals surface area contributed by atoms with E-state index in [1.54, 1.807) is 48.5 Å². The Labute approximate surface area is 258 Å². The van der Waals surface area contributed by atoms with Crippen molar-refractivity contribution >= 4 is 50.7 Å². The molecule has 0 saturated carbocycles. The lowest BCUT2D eigenvalue weighted by atomic mass is 10.1. The second-order valence-corrected chi connectivity index (χ2v) is 12.6. The Hall–Kier alpha value is -3.27. The van der Waals surface area contributed by atoms with Crippen LogP contribution in [-0.2, 0) is 26.2 Å². The number of nitrogens with one attached hydrogen (secondary N) is 1. The predicted molar refractivity (Wildman–Crippen MR) is 168 cm³/mol. The molecule has 226 valence electrons. The number of aryl methyl sites for hydroxylation is 1. The highest BCUT2D eigenvalue weighted by Gasteiger charge is 2.34. The third-order valence-corrected chi connectivity index (χ3v) is 9.04. The number of methoxy groups -OCH3 is 1. The molecule has 0 spiro atoms. The first-order chi connectivity index (χ1) is 20.0. The maximum Gasteiger partial charge on any atom is 0.264 e. The summed E-state index contributed by atoms with van der Waals surface area (Å²) in [6.07, 6.45) is 2.02. The normalized spacial score (nSPS) is 12.0. The van der Waals surface area contributed by atoms with Crippen LogP contribution in [0.2, 0.25) is 10.0 Å². The van der Waals surface area contributed by atoms with Crippen LogP contribution in [0.5, 0.6) is 5.75 Å². The van der Waals surface area contributed by atoms with Crippen molar-refractivity contribution in [1.29, 1.82) is 0 Å². The van der Waals surface area contributed by atoms with E-state index >= 15 is 0 Å². The average molecular weight is 635 g/mol. The molecule has 0 radical (unpaired) electrons. The van der Waals surface area contributed by atoms with E-state index < -0.39 is 28.5 Å². The number of halogens is 2. The number of carbonyl (C=O) groups is 2. The van der Waals surface area contributed by atoms with Gasteiger partial charge < -0.3 is 15.0 Å². The number of hydrogen-bond acceptors (Lipinski definition) is 5. The van der Waals surface area contributed by atoms with E-state index in [1.165, 1.54) is 30.2 Å². The molecule has 0 bridgehead atoms. The molecular formula is C31H37Cl2N3O5S. The Balaban J connectivity index is 2.10. The highest BCUT2D eigenvalue weighted by molar-refractivity contribution is 7.92. The van der Waals surface area contributed by atoms with Crippen LogP contribution in [0, 0.1) is 6.92 Å². The highest BCUT2D eigenvalue weighted by Crippen LogP contribution is 2.35. The summed E-state index contributed by atoms with van der Waals surface area (Å²) >= 11 is 12.4. The molecule has 0 aliphatic heterocycles. The molecule has 3 rings (SSSR count). The number of benzene rings is 3. The summed E-state index contributed by atoms with van der Waals surface area (Å²) in [6.45, 7) is 5.63. The molecule has 3 aromatic carbocycles. The van der Waals surface area contributed by atoms with Gasteiger partial charge in [-0.2, -0.15) is 0 Å². The zero-order valence-electron chi connectivity index (χ0n) is 24.3. The summed E-state index contributed by atoms with van der Waals surface area (Å²) in [5.74, 6) is -0.654. The van der Waals surface area contributed by atoms with E-state index in [-0.39, 0.29) is 33.8 Å². The largest absolute Gasteiger partial charge is 0.495 e. The molecule has 3 aromatic rings. The smallest absolute Gasteiger partial charge is 0.264 e. The van der Waals surface area contributed by atoms with Gasteiger partial charge in [-0.15, -0.1) is 0 Å². The second kappa shape index (κ2) is 15.3. The Bertz CT molecular complexity index is 1460. The molecule has 2 amide bonds. The van der Waals surface area contributed by atoms with Gasteiger partial charge in [0.05, 0.1) is 17.7 Å². The zero-order chi connectivity index (χ0) is 30.9. The zero-order valence-corrected chi connectivity index (χ0v) is 26.6. The first-order valence-electron chi connectivity index (χ1n) is 13.8. The van der Waals surface area contributed by atoms with Crippen LogP contribution in [0.4, 0.5) is 5.69 Å². The monoisotopic (exact) mass is 633 g/mol. The van der Waals surface area contributed by atoms with Crippen molar-refractivity contribution in [2.45, 2.75) is 57.5 Å². The Morgan fingerprint density at radius 1 is 0.952 bits per heavy atom. The third-order valence-electron chi connectivity index (χ3n) is 6.78. The van der Waals surface area contributed by atoms with E-state index in [2.05, 4.69) is 5.32 Å². The number of hydrogen-bond donors (Lipinski definition) is 1. The second-order valence-electron chi connectivity index (χ2n) is 9.86. The topological polar surface area (TPSA) is 96.0 Å². The maximum absolute atomic E-state index is 14.2. The van der Waals surface area contributed by atoms with Crippen LogP contribution >= 0.6 is 23.2 Å². The number of sulfonamides is 1. The number of rotatable bonds is 14. The molecule has 0 saturated heterocycles. The fraction of sp³-hybridized carbons (Fsp3) is 0.355. The fourth-order valence-corrected chi connectivity index (χ4v) is 6.13. The summed E-state index contributed by atoms with van der Waals surface area (Å²) in [5, 5.41) is 3.71. The SMILES string of the molecule is CCCCNC(=O)[C@@H](CC)N(Cc1ccc(Cl)cc1)C(=O)CN(c1cc(Cl)ccc1OC)S(=O)(=O)c1ccc(C)cc1. The van der Waals surface area contributed by atoms with Crippen LogP contribution in [-0.4, -0.2) is 51.4 Å². The molecule has 0 aliphatic rings. The lowest BCUT2D eigenvalue weighted by Crippen LogP contribution is -2.52. The van der Waals surface area contributed by atoms with Crippen LogP contribution < -0.4 is 14.4 Å². The minimum Gasteiger partial charge on any atom is -0.495 e. The third kappa shape index (κ3) is 8.40. The average Bonchev–Trinajstić information content (AvgIpc) is 2.97. The van der Waals surface area contributed by atoms with Crippen molar-refractivity contribution in [3.8, 4) is 5.75 Å². The molecule has 8 nitrogen and oxygen atoms in total. The summed E-state index contributed by atoms with van der Waals surface area (Å²) in [7, 11) is -2.86. The van der Waals surface area contributed by atoms with Gasteiger partial charge in [0.15, 0.2) is 0 Å². The number of ether oxygens (including phenoxy) is 1. The maximum atomic E-state index is 14.2. The fourth-order valence-electron chi connectivity index (χ4n) is 4.42. The minimum absolute atomic E-state index is 0.00321. The van der Waals surface area contributed by atoms with E-state index in [0.717, 1.165) is 28.3 Å². The first-order valence-corrected chi connectivity index (χ1v) is 16.0. The molecular weight excluding hydrogens is 597 g/mol. The number of carbonyl (C=O) groups excluding carboxylic acids is 2. The summed E-state index contributed by atoms with van der Waals surface area (Å²) in [6, 6.07) is 17.0. The van der Waals surface area contributed by atoms with Crippen molar-refractivity contribution in [2.75, 3.05) is 24.5 Å². The van der Waals surface area contributed by atoms with Gasteiger partial charge in [0, 0.05) is 23.1 Å². The van der Waals surface area contributed by atoms with E-state index in [1.807, 2.05) is 20.8 Å². The summed E-state index contributed by atoms with van der Waals surface area (Å²) in [4.78, 5) is 28.9. The molecule has 11 heteroatoms. The Morgan fingerprint density at radius 3 is 2.19 bits per heavy atom. The first kappa shape index (κ1) is 33.2. The Morgan fingerprint density at radius 2 is 1.60 bits per heavy atom.